The van der Waals surface area contributed by atoms with E-state index in [0.29, 0.717) is 17.9 Å². The molecule has 0 radical (unpaired) electrons. The van der Waals surface area contributed by atoms with Crippen LogP contribution >= 0.6 is 0 Å². The Morgan fingerprint density at radius 2 is 1.87 bits per heavy atom. The monoisotopic (exact) mass is 308 g/mol. The highest BCUT2D eigenvalue weighted by Gasteiger charge is 2.16. The number of anilines is 1. The molecule has 118 valence electrons. The summed E-state index contributed by atoms with van der Waals surface area (Å²) in [5.41, 5.74) is 3.66. The number of hydrogen-bond donors (Lipinski definition) is 0. The second-order valence-electron chi connectivity index (χ2n) is 5.35. The first-order valence-electron chi connectivity index (χ1n) is 7.55. The fourth-order valence-corrected chi connectivity index (χ4v) is 2.34. The molecule has 2 rings (SSSR count). The molecule has 0 heterocycles. The van der Waals surface area contributed by atoms with Gasteiger partial charge in [0.25, 0.3) is 5.91 Å². The highest BCUT2D eigenvalue weighted by Crippen LogP contribution is 2.22. The van der Waals surface area contributed by atoms with Gasteiger partial charge in [0.2, 0.25) is 0 Å². The molecule has 1 amide bonds. The second-order valence-corrected chi connectivity index (χ2v) is 5.35. The summed E-state index contributed by atoms with van der Waals surface area (Å²) < 4.78 is 5.54. The number of hydrogen-bond acceptors (Lipinski definition) is 3. The molecule has 0 bridgehead atoms. The number of amides is 1. The van der Waals surface area contributed by atoms with Gasteiger partial charge in [-0.15, -0.1) is 0 Å². The van der Waals surface area contributed by atoms with Crippen LogP contribution in [0.2, 0.25) is 0 Å². The Morgan fingerprint density at radius 3 is 2.48 bits per heavy atom. The Bertz CT molecular complexity index is 730. The Labute approximate surface area is 136 Å². The van der Waals surface area contributed by atoms with Gasteiger partial charge in [0.05, 0.1) is 11.6 Å². The molecular formula is C19H20N2O2. The van der Waals surface area contributed by atoms with E-state index in [0.717, 1.165) is 16.8 Å². The molecule has 0 spiro atoms. The summed E-state index contributed by atoms with van der Waals surface area (Å²) in [6.45, 7) is 6.50. The van der Waals surface area contributed by atoms with Crippen molar-refractivity contribution in [2.75, 3.05) is 18.1 Å². The molecule has 0 saturated heterocycles. The normalized spacial score (nSPS) is 10.0. The number of carbonyl (C=O) groups is 1. The predicted octanol–water partition coefficient (Wildman–Crippen LogP) is 3.61. The van der Waals surface area contributed by atoms with E-state index in [2.05, 4.69) is 0 Å². The summed E-state index contributed by atoms with van der Waals surface area (Å²) in [5, 5.41) is 8.77. The molecule has 4 nitrogen and oxygen atoms in total. The molecule has 0 aliphatic carbocycles. The summed E-state index contributed by atoms with van der Waals surface area (Å²) in [7, 11) is 0. The number of nitriles is 1. The van der Waals surface area contributed by atoms with E-state index < -0.39 is 0 Å². The van der Waals surface area contributed by atoms with Crippen LogP contribution in [0.5, 0.6) is 5.75 Å². The lowest BCUT2D eigenvalue weighted by atomic mass is 10.1. The van der Waals surface area contributed by atoms with Crippen molar-refractivity contribution in [2.24, 2.45) is 0 Å². The zero-order valence-corrected chi connectivity index (χ0v) is 13.7. The van der Waals surface area contributed by atoms with Gasteiger partial charge in [-0.2, -0.15) is 5.26 Å². The van der Waals surface area contributed by atoms with Gasteiger partial charge < -0.3 is 9.64 Å². The lowest BCUT2D eigenvalue weighted by molar-refractivity contribution is -0.120. The number of likely N-dealkylation sites (N-methyl/N-ethyl adjacent to an activating group) is 1. The van der Waals surface area contributed by atoms with Crippen molar-refractivity contribution in [3.63, 3.8) is 0 Å². The minimum atomic E-state index is -0.0921. The van der Waals surface area contributed by atoms with E-state index in [9.17, 15) is 4.79 Å². The van der Waals surface area contributed by atoms with Gasteiger partial charge in [0, 0.05) is 12.2 Å². The summed E-state index contributed by atoms with van der Waals surface area (Å²) in [6.07, 6.45) is 0. The van der Waals surface area contributed by atoms with Crippen LogP contribution in [0.25, 0.3) is 0 Å². The molecular weight excluding hydrogens is 288 g/mol. The first-order valence-corrected chi connectivity index (χ1v) is 7.55. The van der Waals surface area contributed by atoms with Gasteiger partial charge in [-0.1, -0.05) is 12.1 Å². The van der Waals surface area contributed by atoms with Crippen LogP contribution in [0, 0.1) is 25.2 Å². The van der Waals surface area contributed by atoms with Crippen LogP contribution in [-0.2, 0) is 4.79 Å². The van der Waals surface area contributed by atoms with Crippen LogP contribution < -0.4 is 9.64 Å². The fourth-order valence-electron chi connectivity index (χ4n) is 2.34. The van der Waals surface area contributed by atoms with E-state index in [4.69, 9.17) is 10.00 Å². The maximum atomic E-state index is 12.5. The van der Waals surface area contributed by atoms with Gasteiger partial charge in [-0.05, 0) is 62.2 Å². The smallest absolute Gasteiger partial charge is 0.264 e. The summed E-state index contributed by atoms with van der Waals surface area (Å²) in [4.78, 5) is 14.2. The van der Waals surface area contributed by atoms with Crippen molar-refractivity contribution in [3.8, 4) is 11.8 Å². The number of aryl methyl sites for hydroxylation is 2. The third kappa shape index (κ3) is 4.10. The van der Waals surface area contributed by atoms with Crippen LogP contribution in [0.15, 0.2) is 42.5 Å². The minimum absolute atomic E-state index is 0.0346. The van der Waals surface area contributed by atoms with E-state index in [1.165, 1.54) is 0 Å². The van der Waals surface area contributed by atoms with Gasteiger partial charge in [-0.25, -0.2) is 0 Å². The molecule has 2 aromatic rings. The van der Waals surface area contributed by atoms with Crippen molar-refractivity contribution < 1.29 is 9.53 Å². The van der Waals surface area contributed by atoms with E-state index in [1.807, 2.05) is 45.0 Å². The molecule has 2 aromatic carbocycles. The second kappa shape index (κ2) is 7.46. The van der Waals surface area contributed by atoms with Crippen molar-refractivity contribution in [3.05, 3.63) is 59.2 Å². The van der Waals surface area contributed by atoms with Gasteiger partial charge in [0.15, 0.2) is 6.61 Å². The van der Waals surface area contributed by atoms with Crippen molar-refractivity contribution in [1.82, 2.24) is 0 Å². The Kier molecular flexibility index (Phi) is 5.37. The van der Waals surface area contributed by atoms with Crippen molar-refractivity contribution in [1.29, 1.82) is 5.26 Å². The van der Waals surface area contributed by atoms with Crippen molar-refractivity contribution in [2.45, 2.75) is 20.8 Å². The molecule has 0 atom stereocenters. The molecule has 0 fully saturated rings. The molecule has 4 heteroatoms. The largest absolute Gasteiger partial charge is 0.484 e. The van der Waals surface area contributed by atoms with Crippen LogP contribution in [0.4, 0.5) is 5.69 Å². The molecule has 0 aliphatic heterocycles. The van der Waals surface area contributed by atoms with Gasteiger partial charge in [0.1, 0.15) is 5.75 Å². The van der Waals surface area contributed by atoms with E-state index in [-0.39, 0.29) is 12.5 Å². The number of benzene rings is 2. The Balaban J connectivity index is 2.08. The Hall–Kier alpha value is -2.80. The average molecular weight is 308 g/mol. The lowest BCUT2D eigenvalue weighted by Crippen LogP contribution is -2.35. The minimum Gasteiger partial charge on any atom is -0.484 e. The number of rotatable bonds is 5. The lowest BCUT2D eigenvalue weighted by Gasteiger charge is -2.23. The first-order chi connectivity index (χ1) is 11.0. The number of ether oxygens (including phenoxy) is 1. The first kappa shape index (κ1) is 16.6. The fraction of sp³-hybridized carbons (Fsp3) is 0.263. The molecule has 0 unspecified atom stereocenters. The number of carbonyl (C=O) groups excluding carboxylic acids is 1. The van der Waals surface area contributed by atoms with Crippen LogP contribution in [-0.4, -0.2) is 19.1 Å². The van der Waals surface area contributed by atoms with E-state index in [1.54, 1.807) is 29.2 Å². The summed E-state index contributed by atoms with van der Waals surface area (Å²) in [5.74, 6) is 0.486. The van der Waals surface area contributed by atoms with Gasteiger partial charge in [-0.3, -0.25) is 4.79 Å². The Morgan fingerprint density at radius 1 is 1.17 bits per heavy atom. The topological polar surface area (TPSA) is 53.3 Å². The summed E-state index contributed by atoms with van der Waals surface area (Å²) >= 11 is 0. The molecule has 0 saturated carbocycles. The quantitative estimate of drug-likeness (QED) is 0.848. The third-order valence-electron chi connectivity index (χ3n) is 3.62. The summed E-state index contributed by atoms with van der Waals surface area (Å²) in [6, 6.07) is 14.8. The SMILES string of the molecule is CCN(C(=O)COc1ccc(C#N)cc1)c1cc(C)ccc1C. The van der Waals surface area contributed by atoms with Crippen LogP contribution in [0.3, 0.4) is 0 Å². The zero-order valence-electron chi connectivity index (χ0n) is 13.7. The predicted molar refractivity (Wildman–Crippen MR) is 90.6 cm³/mol. The maximum Gasteiger partial charge on any atom is 0.264 e. The third-order valence-corrected chi connectivity index (χ3v) is 3.62. The highest BCUT2D eigenvalue weighted by atomic mass is 16.5. The molecule has 0 N–H and O–H groups in total. The molecule has 23 heavy (non-hydrogen) atoms. The zero-order chi connectivity index (χ0) is 16.8. The standard InChI is InChI=1S/C19H20N2O2/c1-4-21(18-11-14(2)5-6-15(18)3)19(22)13-23-17-9-7-16(12-20)8-10-17/h5-11H,4,13H2,1-3H3. The molecule has 0 aliphatic rings. The van der Waals surface area contributed by atoms with E-state index >= 15 is 0 Å². The molecule has 0 aromatic heterocycles. The highest BCUT2D eigenvalue weighted by molar-refractivity contribution is 5.95. The van der Waals surface area contributed by atoms with Crippen molar-refractivity contribution >= 4 is 11.6 Å². The van der Waals surface area contributed by atoms with Gasteiger partial charge >= 0.3 is 0 Å². The van der Waals surface area contributed by atoms with Crippen LogP contribution in [0.1, 0.15) is 23.6 Å². The maximum absolute atomic E-state index is 12.5. The average Bonchev–Trinajstić information content (AvgIpc) is 2.57. The number of nitrogens with zero attached hydrogens (tertiary/aromatic N) is 2.